The molecule has 0 aromatic heterocycles. The first-order valence-electron chi connectivity index (χ1n) is 9.16. The molecule has 0 aliphatic rings. The number of halogens is 3. The Hall–Kier alpha value is -2.93. The van der Waals surface area contributed by atoms with Gasteiger partial charge in [-0.25, -0.2) is 4.39 Å². The zero-order valence-electron chi connectivity index (χ0n) is 17.5. The van der Waals surface area contributed by atoms with Crippen molar-refractivity contribution in [1.82, 2.24) is 5.32 Å². The predicted molar refractivity (Wildman–Crippen MR) is 116 cm³/mol. The number of nitrogens with zero attached hydrogens (tertiary/aromatic N) is 2. The molecule has 0 aliphatic carbocycles. The minimum absolute atomic E-state index is 0.0343. The van der Waals surface area contributed by atoms with E-state index in [2.05, 4.69) is 15.6 Å². The van der Waals surface area contributed by atoms with Gasteiger partial charge in [-0.3, -0.25) is 4.79 Å². The predicted octanol–water partition coefficient (Wildman–Crippen LogP) is 4.10. The van der Waals surface area contributed by atoms with Gasteiger partial charge in [0, 0.05) is 29.3 Å². The Kier molecular flexibility index (Phi) is 8.16. The lowest BCUT2D eigenvalue weighted by Gasteiger charge is -2.16. The van der Waals surface area contributed by atoms with Gasteiger partial charge in [0.1, 0.15) is 19.5 Å². The van der Waals surface area contributed by atoms with Crippen LogP contribution >= 0.6 is 9.24 Å². The number of carbonyl (C=O) groups is 1. The summed E-state index contributed by atoms with van der Waals surface area (Å²) in [6.45, 7) is 3.07. The Bertz CT molecular complexity index is 1020. The van der Waals surface area contributed by atoms with Gasteiger partial charge in [0.2, 0.25) is 0 Å². The number of amides is 1. The molecule has 0 radical (unpaired) electrons. The highest BCUT2D eigenvalue weighted by Gasteiger charge is 2.30. The molecule has 1 unspecified atom stereocenters. The molecular formula is C21H23F3N3O3P. The summed E-state index contributed by atoms with van der Waals surface area (Å²) in [4.78, 5) is 22.3. The summed E-state index contributed by atoms with van der Waals surface area (Å²) in [6, 6.07) is 8.61. The van der Waals surface area contributed by atoms with Gasteiger partial charge in [-0.05, 0) is 25.5 Å². The number of oxime groups is 2. The number of benzene rings is 2. The fourth-order valence-electron chi connectivity index (χ4n) is 2.95. The van der Waals surface area contributed by atoms with Crippen LogP contribution in [0.25, 0.3) is 0 Å². The molecule has 0 bridgehead atoms. The van der Waals surface area contributed by atoms with E-state index in [1.807, 2.05) is 0 Å². The maximum Gasteiger partial charge on any atom is 0.284 e. The van der Waals surface area contributed by atoms with Crippen LogP contribution in [0.3, 0.4) is 0 Å². The third-order valence-electron chi connectivity index (χ3n) is 4.43. The number of nitrogens with one attached hydrogen (secondary N) is 1. The number of aryl methyl sites for hydroxylation is 1. The van der Waals surface area contributed by atoms with Crippen molar-refractivity contribution in [2.75, 3.05) is 14.2 Å². The maximum atomic E-state index is 14.3. The molecule has 6 nitrogen and oxygen atoms in total. The summed E-state index contributed by atoms with van der Waals surface area (Å²) < 4.78 is 42.0. The first-order valence-corrected chi connectivity index (χ1v) is 9.74. The van der Waals surface area contributed by atoms with Gasteiger partial charge in [0.05, 0.1) is 5.71 Å². The van der Waals surface area contributed by atoms with Crippen molar-refractivity contribution in [3.63, 3.8) is 0 Å². The average Bonchev–Trinajstić information content (AvgIpc) is 2.71. The van der Waals surface area contributed by atoms with E-state index < -0.39 is 23.0 Å². The van der Waals surface area contributed by atoms with E-state index in [9.17, 15) is 18.0 Å². The molecule has 2 aromatic rings. The maximum absolute atomic E-state index is 14.3. The number of carbonyl (C=O) groups excluding carboxylic acids is 1. The van der Waals surface area contributed by atoms with Crippen molar-refractivity contribution >= 4 is 26.6 Å². The first-order chi connectivity index (χ1) is 14.6. The lowest BCUT2D eigenvalue weighted by atomic mass is 9.98. The molecule has 0 aliphatic heterocycles. The topological polar surface area (TPSA) is 72.3 Å². The summed E-state index contributed by atoms with van der Waals surface area (Å²) in [5.41, 5.74) is -2.39. The van der Waals surface area contributed by atoms with Crippen molar-refractivity contribution in [2.45, 2.75) is 26.1 Å². The molecular weight excluding hydrogens is 430 g/mol. The Morgan fingerprint density at radius 3 is 2.48 bits per heavy atom. The van der Waals surface area contributed by atoms with E-state index in [1.165, 1.54) is 36.4 Å². The second-order valence-electron chi connectivity index (χ2n) is 6.54. The summed E-state index contributed by atoms with van der Waals surface area (Å²) >= 11 is 0. The van der Waals surface area contributed by atoms with Crippen LogP contribution in [0.5, 0.6) is 0 Å². The molecule has 0 fully saturated rings. The summed E-state index contributed by atoms with van der Waals surface area (Å²) in [5.74, 6) is -1.30. The smallest absolute Gasteiger partial charge is 0.284 e. The normalized spacial score (nSPS) is 12.5. The van der Waals surface area contributed by atoms with Crippen LogP contribution in [0.1, 0.15) is 34.7 Å². The zero-order valence-corrected chi connectivity index (χ0v) is 18.7. The number of rotatable bonds is 8. The standard InChI is InChI=1S/C21H23F3N3O3P/c1-12-7-5-8-14(19(27-29-4)20(28)25-3)15(12)11-30-26-13(2)18-16(21(23,24)31)9-6-10-17(18)22/h5-10H,11,31H2,1-4H3,(H,25,28)/b26-13+,27-19+. The van der Waals surface area contributed by atoms with E-state index in [-0.39, 0.29) is 23.6 Å². The second kappa shape index (κ2) is 10.4. The molecule has 0 spiro atoms. The minimum Gasteiger partial charge on any atom is -0.398 e. The molecule has 0 heterocycles. The number of hydrogen-bond acceptors (Lipinski definition) is 5. The van der Waals surface area contributed by atoms with Crippen molar-refractivity contribution in [1.29, 1.82) is 0 Å². The van der Waals surface area contributed by atoms with Crippen molar-refractivity contribution in [2.24, 2.45) is 10.3 Å². The Labute approximate surface area is 180 Å². The highest BCUT2D eigenvalue weighted by atomic mass is 31.0. The van der Waals surface area contributed by atoms with E-state index in [4.69, 9.17) is 9.68 Å². The van der Waals surface area contributed by atoms with Gasteiger partial charge >= 0.3 is 0 Å². The Balaban J connectivity index is 2.38. The van der Waals surface area contributed by atoms with Gasteiger partial charge in [0.25, 0.3) is 11.6 Å². The summed E-state index contributed by atoms with van der Waals surface area (Å²) in [5, 5.41) is 10.1. The number of likely N-dealkylation sites (N-methyl/N-ethyl adjacent to an activating group) is 1. The molecule has 0 saturated heterocycles. The third kappa shape index (κ3) is 5.82. The number of hydrogen-bond donors (Lipinski definition) is 1. The minimum atomic E-state index is -3.34. The highest BCUT2D eigenvalue weighted by molar-refractivity contribution is 7.17. The first kappa shape index (κ1) is 24.3. The third-order valence-corrected chi connectivity index (χ3v) is 4.75. The fraction of sp³-hybridized carbons (Fsp3) is 0.286. The van der Waals surface area contributed by atoms with Crippen molar-refractivity contribution < 1.29 is 27.6 Å². The van der Waals surface area contributed by atoms with Gasteiger partial charge < -0.3 is 15.0 Å². The molecule has 1 atom stereocenters. The quantitative estimate of drug-likeness (QED) is 0.372. The molecule has 2 rings (SSSR count). The van der Waals surface area contributed by atoms with E-state index >= 15 is 0 Å². The van der Waals surface area contributed by atoms with Gasteiger partial charge in [-0.2, -0.15) is 8.78 Å². The van der Waals surface area contributed by atoms with E-state index in [0.29, 0.717) is 11.1 Å². The fourth-order valence-corrected chi connectivity index (χ4v) is 3.19. The lowest BCUT2D eigenvalue weighted by Crippen LogP contribution is -2.29. The van der Waals surface area contributed by atoms with E-state index in [1.54, 1.807) is 25.1 Å². The van der Waals surface area contributed by atoms with Crippen LogP contribution in [-0.4, -0.2) is 31.5 Å². The monoisotopic (exact) mass is 453 g/mol. The Morgan fingerprint density at radius 1 is 1.19 bits per heavy atom. The zero-order chi connectivity index (χ0) is 23.2. The largest absolute Gasteiger partial charge is 0.398 e. The number of alkyl halides is 2. The highest BCUT2D eigenvalue weighted by Crippen LogP contribution is 2.37. The molecule has 0 saturated carbocycles. The van der Waals surface area contributed by atoms with Crippen molar-refractivity contribution in [3.8, 4) is 0 Å². The van der Waals surface area contributed by atoms with Crippen molar-refractivity contribution in [3.05, 3.63) is 70.0 Å². The van der Waals surface area contributed by atoms with Gasteiger partial charge in [-0.15, -0.1) is 0 Å². The second-order valence-corrected chi connectivity index (χ2v) is 7.26. The lowest BCUT2D eigenvalue weighted by molar-refractivity contribution is -0.114. The van der Waals surface area contributed by atoms with Gasteiger partial charge in [0.15, 0.2) is 5.71 Å². The summed E-state index contributed by atoms with van der Waals surface area (Å²) in [7, 11) is 4.16. The summed E-state index contributed by atoms with van der Waals surface area (Å²) in [6.07, 6.45) is 0. The van der Waals surface area contributed by atoms with Crippen LogP contribution < -0.4 is 5.32 Å². The van der Waals surface area contributed by atoms with Crippen LogP contribution in [0.2, 0.25) is 0 Å². The SMILES string of the molecule is CNC(=O)/C(=N/OC)c1cccc(C)c1CO/N=C(\C)c1c(F)cccc1C(F)(F)P. The van der Waals surface area contributed by atoms with E-state index in [0.717, 1.165) is 17.7 Å². The molecule has 31 heavy (non-hydrogen) atoms. The molecule has 10 heteroatoms. The molecule has 2 aromatic carbocycles. The molecule has 1 amide bonds. The molecule has 166 valence electrons. The van der Waals surface area contributed by atoms with Crippen LogP contribution in [-0.2, 0) is 26.7 Å². The van der Waals surface area contributed by atoms with Gasteiger partial charge in [-0.1, -0.05) is 49.9 Å². The van der Waals surface area contributed by atoms with Crippen LogP contribution in [0, 0.1) is 12.7 Å². The molecule has 1 N–H and O–H groups in total. The Morgan fingerprint density at radius 2 is 1.87 bits per heavy atom. The van der Waals surface area contributed by atoms with Crippen LogP contribution in [0.4, 0.5) is 13.2 Å². The average molecular weight is 453 g/mol. The van der Waals surface area contributed by atoms with Crippen LogP contribution in [0.15, 0.2) is 46.7 Å².